The highest BCUT2D eigenvalue weighted by Crippen LogP contribution is 2.09. The molecule has 0 aliphatic rings. The number of carboxylic acids is 1. The number of aliphatic carboxylic acids is 1. The molecule has 82 valence electrons. The van der Waals surface area contributed by atoms with Gasteiger partial charge in [-0.3, -0.25) is 9.59 Å². The van der Waals surface area contributed by atoms with Crippen molar-refractivity contribution in [2.45, 2.75) is 25.5 Å². The summed E-state index contributed by atoms with van der Waals surface area (Å²) >= 11 is 1.43. The van der Waals surface area contributed by atoms with Gasteiger partial charge in [-0.25, -0.2) is 0 Å². The lowest BCUT2D eigenvalue weighted by Crippen LogP contribution is -2.40. The first-order valence-corrected chi connectivity index (χ1v) is 5.85. The summed E-state index contributed by atoms with van der Waals surface area (Å²) < 4.78 is 0. The molecule has 0 aromatic heterocycles. The second kappa shape index (κ2) is 6.70. The Balaban J connectivity index is 4.31. The van der Waals surface area contributed by atoms with Crippen LogP contribution in [0.25, 0.3) is 0 Å². The number of amides is 1. The molecule has 1 N–H and O–H groups in total. The summed E-state index contributed by atoms with van der Waals surface area (Å²) in [6.45, 7) is 4.02. The summed E-state index contributed by atoms with van der Waals surface area (Å²) in [5.74, 6) is -1.05. The molecule has 5 heteroatoms. The van der Waals surface area contributed by atoms with Gasteiger partial charge in [0.2, 0.25) is 5.91 Å². The van der Waals surface area contributed by atoms with Crippen LogP contribution >= 0.6 is 11.8 Å². The van der Waals surface area contributed by atoms with Crippen molar-refractivity contribution >= 4 is 23.6 Å². The van der Waals surface area contributed by atoms with E-state index in [0.717, 1.165) is 6.42 Å². The largest absolute Gasteiger partial charge is 0.480 e. The van der Waals surface area contributed by atoms with Crippen molar-refractivity contribution in [2.24, 2.45) is 0 Å². The third kappa shape index (κ3) is 4.50. The predicted octanol–water partition coefficient (Wildman–Crippen LogP) is 1.06. The van der Waals surface area contributed by atoms with Crippen molar-refractivity contribution in [3.8, 4) is 0 Å². The molecule has 0 fully saturated rings. The summed E-state index contributed by atoms with van der Waals surface area (Å²) in [6, 6.07) is 0. The normalized spacial score (nSPS) is 12.2. The molecule has 0 aliphatic carbocycles. The minimum absolute atomic E-state index is 0.0956. The van der Waals surface area contributed by atoms with Crippen LogP contribution in [0.15, 0.2) is 0 Å². The standard InChI is InChI=1S/C9H17NO3S/c1-4-5-10(6-8(11)12)9(13)7(2)14-3/h7H,4-6H2,1-3H3,(H,11,12). The van der Waals surface area contributed by atoms with Gasteiger partial charge in [0.15, 0.2) is 0 Å². The lowest BCUT2D eigenvalue weighted by atomic mass is 10.3. The number of nitrogens with zero attached hydrogens (tertiary/aromatic N) is 1. The third-order valence-corrected chi connectivity index (χ3v) is 2.74. The molecule has 1 atom stereocenters. The highest BCUT2D eigenvalue weighted by Gasteiger charge is 2.20. The van der Waals surface area contributed by atoms with E-state index >= 15 is 0 Å². The Morgan fingerprint density at radius 3 is 2.43 bits per heavy atom. The number of carbonyl (C=O) groups excluding carboxylic acids is 1. The first kappa shape index (κ1) is 13.3. The number of thioether (sulfide) groups is 1. The van der Waals surface area contributed by atoms with Crippen LogP contribution in [-0.4, -0.2) is 46.5 Å². The van der Waals surface area contributed by atoms with Gasteiger partial charge < -0.3 is 10.0 Å². The molecule has 0 saturated carbocycles. The topological polar surface area (TPSA) is 57.6 Å². The fourth-order valence-electron chi connectivity index (χ4n) is 1.06. The van der Waals surface area contributed by atoms with E-state index in [1.165, 1.54) is 16.7 Å². The maximum Gasteiger partial charge on any atom is 0.323 e. The molecule has 0 aromatic carbocycles. The Bertz CT molecular complexity index is 208. The molecule has 0 radical (unpaired) electrons. The SMILES string of the molecule is CCCN(CC(=O)O)C(=O)C(C)SC. The lowest BCUT2D eigenvalue weighted by Gasteiger charge is -2.22. The average molecular weight is 219 g/mol. The van der Waals surface area contributed by atoms with Crippen molar-refractivity contribution < 1.29 is 14.7 Å². The molecule has 0 rings (SSSR count). The minimum atomic E-state index is -0.958. The maximum absolute atomic E-state index is 11.6. The second-order valence-electron chi connectivity index (χ2n) is 3.03. The van der Waals surface area contributed by atoms with Gasteiger partial charge >= 0.3 is 5.97 Å². The number of hydrogen-bond acceptors (Lipinski definition) is 3. The molecular weight excluding hydrogens is 202 g/mol. The van der Waals surface area contributed by atoms with E-state index in [0.29, 0.717) is 6.54 Å². The highest BCUT2D eigenvalue weighted by molar-refractivity contribution is 7.99. The Morgan fingerprint density at radius 1 is 1.50 bits per heavy atom. The van der Waals surface area contributed by atoms with Gasteiger partial charge in [-0.1, -0.05) is 6.92 Å². The Hall–Kier alpha value is -0.710. The van der Waals surface area contributed by atoms with Gasteiger partial charge in [-0.05, 0) is 19.6 Å². The third-order valence-electron chi connectivity index (χ3n) is 1.83. The van der Waals surface area contributed by atoms with E-state index in [1.807, 2.05) is 13.2 Å². The quantitative estimate of drug-likeness (QED) is 0.725. The summed E-state index contributed by atoms with van der Waals surface area (Å²) in [7, 11) is 0. The van der Waals surface area contributed by atoms with Crippen molar-refractivity contribution in [2.75, 3.05) is 19.3 Å². The molecule has 0 saturated heterocycles. The molecule has 0 heterocycles. The highest BCUT2D eigenvalue weighted by atomic mass is 32.2. The van der Waals surface area contributed by atoms with Gasteiger partial charge in [-0.15, -0.1) is 0 Å². The fraction of sp³-hybridized carbons (Fsp3) is 0.778. The number of hydrogen-bond donors (Lipinski definition) is 1. The van der Waals surface area contributed by atoms with Crippen molar-refractivity contribution in [1.29, 1.82) is 0 Å². The molecule has 1 unspecified atom stereocenters. The van der Waals surface area contributed by atoms with E-state index < -0.39 is 5.97 Å². The van der Waals surface area contributed by atoms with E-state index in [-0.39, 0.29) is 17.7 Å². The molecule has 0 aliphatic heterocycles. The fourth-order valence-corrected chi connectivity index (χ4v) is 1.41. The predicted molar refractivity (Wildman–Crippen MR) is 57.5 cm³/mol. The first-order valence-electron chi connectivity index (χ1n) is 4.56. The molecule has 0 aromatic rings. The second-order valence-corrected chi connectivity index (χ2v) is 4.21. The monoisotopic (exact) mass is 219 g/mol. The summed E-state index contributed by atoms with van der Waals surface area (Å²) in [5, 5.41) is 8.45. The van der Waals surface area contributed by atoms with Gasteiger partial charge in [0, 0.05) is 6.54 Å². The maximum atomic E-state index is 11.6. The Labute approximate surface area is 88.7 Å². The molecule has 14 heavy (non-hydrogen) atoms. The van der Waals surface area contributed by atoms with Gasteiger partial charge in [0.1, 0.15) is 6.54 Å². The molecule has 0 spiro atoms. The van der Waals surface area contributed by atoms with Crippen LogP contribution in [0, 0.1) is 0 Å². The van der Waals surface area contributed by atoms with Gasteiger partial charge in [0.25, 0.3) is 0 Å². The van der Waals surface area contributed by atoms with Crippen LogP contribution in [0.3, 0.4) is 0 Å². The zero-order valence-electron chi connectivity index (χ0n) is 8.82. The first-order chi connectivity index (χ1) is 6.52. The van der Waals surface area contributed by atoms with Gasteiger partial charge in [-0.2, -0.15) is 11.8 Å². The van der Waals surface area contributed by atoms with Crippen LogP contribution in [0.2, 0.25) is 0 Å². The lowest BCUT2D eigenvalue weighted by molar-refractivity contribution is -0.144. The molecule has 1 amide bonds. The average Bonchev–Trinajstić information content (AvgIpc) is 2.14. The molecular formula is C9H17NO3S. The zero-order valence-corrected chi connectivity index (χ0v) is 9.63. The molecule has 4 nitrogen and oxygen atoms in total. The minimum Gasteiger partial charge on any atom is -0.480 e. The van der Waals surface area contributed by atoms with Crippen LogP contribution in [0.5, 0.6) is 0 Å². The Morgan fingerprint density at radius 2 is 2.07 bits per heavy atom. The van der Waals surface area contributed by atoms with Crippen molar-refractivity contribution in [1.82, 2.24) is 4.90 Å². The Kier molecular flexibility index (Phi) is 6.36. The van der Waals surface area contributed by atoms with Crippen LogP contribution in [-0.2, 0) is 9.59 Å². The van der Waals surface area contributed by atoms with Crippen LogP contribution in [0.4, 0.5) is 0 Å². The number of rotatable bonds is 6. The van der Waals surface area contributed by atoms with E-state index in [2.05, 4.69) is 0 Å². The molecule has 0 bridgehead atoms. The van der Waals surface area contributed by atoms with E-state index in [9.17, 15) is 9.59 Å². The summed E-state index contributed by atoms with van der Waals surface area (Å²) in [6.07, 6.45) is 2.62. The van der Waals surface area contributed by atoms with Crippen LogP contribution in [0.1, 0.15) is 20.3 Å². The van der Waals surface area contributed by atoms with E-state index in [1.54, 1.807) is 6.92 Å². The van der Waals surface area contributed by atoms with Gasteiger partial charge in [0.05, 0.1) is 5.25 Å². The van der Waals surface area contributed by atoms with Crippen LogP contribution < -0.4 is 0 Å². The summed E-state index contributed by atoms with van der Waals surface area (Å²) in [5.41, 5.74) is 0. The van der Waals surface area contributed by atoms with E-state index in [4.69, 9.17) is 5.11 Å². The number of carbonyl (C=O) groups is 2. The smallest absolute Gasteiger partial charge is 0.323 e. The van der Waals surface area contributed by atoms with Crippen molar-refractivity contribution in [3.05, 3.63) is 0 Å². The zero-order chi connectivity index (χ0) is 11.1. The number of carboxylic acid groups (broad SMARTS) is 1. The van der Waals surface area contributed by atoms with Crippen molar-refractivity contribution in [3.63, 3.8) is 0 Å². The summed E-state index contributed by atoms with van der Waals surface area (Å²) in [4.78, 5) is 23.5.